The van der Waals surface area contributed by atoms with E-state index >= 15 is 0 Å². The summed E-state index contributed by atoms with van der Waals surface area (Å²) in [6.07, 6.45) is 12.1. The van der Waals surface area contributed by atoms with Gasteiger partial charge in [0.05, 0.1) is 0 Å². The van der Waals surface area contributed by atoms with Crippen molar-refractivity contribution >= 4 is 31.0 Å². The molecule has 8 rings (SSSR count). The Balaban J connectivity index is 0.00000136. The van der Waals surface area contributed by atoms with Gasteiger partial charge in [-0.3, -0.25) is 0 Å². The van der Waals surface area contributed by atoms with Gasteiger partial charge in [0.2, 0.25) is 0 Å². The van der Waals surface area contributed by atoms with Gasteiger partial charge in [-0.25, -0.2) is 0 Å². The van der Waals surface area contributed by atoms with Crippen molar-refractivity contribution in [3.63, 3.8) is 0 Å². The Morgan fingerprint density at radius 1 is 0.519 bits per heavy atom. The Morgan fingerprint density at radius 3 is 1.40 bits per heavy atom. The summed E-state index contributed by atoms with van der Waals surface area (Å²) in [6.45, 7) is 9.33. The predicted molar refractivity (Wildman–Crippen MR) is 227 cm³/mol. The van der Waals surface area contributed by atoms with E-state index in [0.717, 1.165) is 0 Å². The summed E-state index contributed by atoms with van der Waals surface area (Å²) in [5, 5.41) is 0. The van der Waals surface area contributed by atoms with Crippen LogP contribution in [0.3, 0.4) is 0 Å². The zero-order valence-corrected chi connectivity index (χ0v) is 34.6. The van der Waals surface area contributed by atoms with Crippen molar-refractivity contribution in [3.05, 3.63) is 214 Å². The maximum absolute atomic E-state index is 2.83. The minimum atomic E-state index is -2.83. The molecule has 255 valence electrons. The second-order valence-electron chi connectivity index (χ2n) is 13.9. The van der Waals surface area contributed by atoms with E-state index in [1.165, 1.54) is 66.8 Å². The molecule has 2 heteroatoms. The van der Waals surface area contributed by atoms with Crippen molar-refractivity contribution in [1.82, 2.24) is 0 Å². The minimum Gasteiger partial charge on any atom is -0.0750 e. The Labute approximate surface area is 321 Å². The zero-order chi connectivity index (χ0) is 35.9. The summed E-state index contributed by atoms with van der Waals surface area (Å²) in [7, 11) is 0.417. The molecule has 0 aromatic heterocycles. The zero-order valence-electron chi connectivity index (χ0n) is 30.8. The Bertz CT molecular complexity index is 2140. The average molecular weight is 767 g/mol. The normalized spacial score (nSPS) is 16.0. The van der Waals surface area contributed by atoms with Crippen molar-refractivity contribution in [1.29, 1.82) is 0 Å². The molecule has 0 spiro atoms. The fourth-order valence-electron chi connectivity index (χ4n) is 7.94. The molecule has 0 heterocycles. The monoisotopic (exact) mass is 765 g/mol. The van der Waals surface area contributed by atoms with Crippen LogP contribution in [0, 0.1) is 0 Å². The molecule has 0 saturated heterocycles. The smallest absolute Gasteiger partial charge is 0.0135 e. The molecule has 0 nitrogen and oxygen atoms in total. The van der Waals surface area contributed by atoms with Crippen LogP contribution in [-0.2, 0) is 21.8 Å². The van der Waals surface area contributed by atoms with Crippen molar-refractivity contribution in [2.45, 2.75) is 34.2 Å². The maximum Gasteiger partial charge on any atom is 0.0135 e. The van der Waals surface area contributed by atoms with Gasteiger partial charge in [0, 0.05) is 9.52 Å². The Morgan fingerprint density at radius 2 is 0.942 bits per heavy atom. The standard InChI is InChI=1S/3C16H13.C2H8Si.Zr/c2*1-12-10-14-8-5-9-15(16(14)11-12)13-6-3-2-4-7-13;1-3-9-15(10-4-1)13-7-8-14-16-11-5-2-6-12-16;1-3-2;/h2*2-11H,1H3;1-13H;3H2,1-2H3;. The summed E-state index contributed by atoms with van der Waals surface area (Å²) < 4.78 is 2.36. The van der Waals surface area contributed by atoms with Gasteiger partial charge < -0.3 is 0 Å². The van der Waals surface area contributed by atoms with Gasteiger partial charge >= 0.3 is 301 Å². The van der Waals surface area contributed by atoms with Gasteiger partial charge in [-0.15, -0.1) is 0 Å². The van der Waals surface area contributed by atoms with Crippen molar-refractivity contribution in [2.24, 2.45) is 0 Å². The first kappa shape index (κ1) is 35.8. The van der Waals surface area contributed by atoms with Crippen LogP contribution in [0.2, 0.25) is 13.1 Å². The van der Waals surface area contributed by atoms with E-state index in [1.807, 2.05) is 0 Å². The van der Waals surface area contributed by atoms with Crippen LogP contribution >= 0.6 is 0 Å². The van der Waals surface area contributed by atoms with Gasteiger partial charge in [-0.1, -0.05) is 13.1 Å². The minimum absolute atomic E-state index is 0.400. The second-order valence-corrected chi connectivity index (χ2v) is 21.7. The van der Waals surface area contributed by atoms with Crippen molar-refractivity contribution in [2.75, 3.05) is 0 Å². The first-order valence-electron chi connectivity index (χ1n) is 18.7. The van der Waals surface area contributed by atoms with Crippen molar-refractivity contribution in [3.8, 4) is 22.3 Å². The van der Waals surface area contributed by atoms with Crippen molar-refractivity contribution < 1.29 is 21.8 Å². The van der Waals surface area contributed by atoms with E-state index < -0.39 is 21.8 Å². The van der Waals surface area contributed by atoms with E-state index in [1.54, 1.807) is 3.28 Å². The van der Waals surface area contributed by atoms with E-state index in [9.17, 15) is 0 Å². The van der Waals surface area contributed by atoms with Gasteiger partial charge in [0.25, 0.3) is 0 Å². The molecular weight excluding hydrogens is 720 g/mol. The molecule has 2 atom stereocenters. The van der Waals surface area contributed by atoms with Crippen LogP contribution in [0.15, 0.2) is 181 Å². The van der Waals surface area contributed by atoms with Crippen LogP contribution in [-0.4, -0.2) is 9.52 Å². The van der Waals surface area contributed by atoms with Gasteiger partial charge in [0.1, 0.15) is 0 Å². The summed E-state index contributed by atoms with van der Waals surface area (Å²) >= 11 is -2.83. The number of benzene rings is 6. The number of hydrogen-bond donors (Lipinski definition) is 0. The number of allylic oxidation sites excluding steroid dienone is 4. The molecule has 0 radical (unpaired) electrons. The van der Waals surface area contributed by atoms with E-state index in [-0.39, 0.29) is 0 Å². The summed E-state index contributed by atoms with van der Waals surface area (Å²) in [6, 6.07) is 57.8. The average Bonchev–Trinajstić information content (AvgIpc) is 3.71. The quantitative estimate of drug-likeness (QED) is 0.107. The molecular formula is C50H47SiZr. The number of hydrogen-bond acceptors (Lipinski definition) is 0. The SMILES string of the molecule is CC1=Cc2c(-c3ccccc3)cccc2[CH]1[Zr]([C](=CC=Cc1ccccc1)c1ccccc1)[CH]1C(C)=Cc2c(-c3ccccc3)cccc21.C[SiH2]C. The summed E-state index contributed by atoms with van der Waals surface area (Å²) in [5.74, 6) is 0. The van der Waals surface area contributed by atoms with E-state index in [0.29, 0.717) is 16.8 Å². The third-order valence-electron chi connectivity index (χ3n) is 10.1. The molecule has 6 aromatic rings. The molecule has 52 heavy (non-hydrogen) atoms. The summed E-state index contributed by atoms with van der Waals surface area (Å²) in [5.41, 5.74) is 16.6. The molecule has 2 aliphatic rings. The third kappa shape index (κ3) is 7.47. The van der Waals surface area contributed by atoms with Crippen LogP contribution in [0.5, 0.6) is 0 Å². The molecule has 0 saturated carbocycles. The van der Waals surface area contributed by atoms with Crippen LogP contribution in [0.25, 0.3) is 43.8 Å². The fraction of sp³-hybridized carbons (Fsp3) is 0.120. The Kier molecular flexibility index (Phi) is 11.6. The number of rotatable bonds is 8. The topological polar surface area (TPSA) is 0 Å². The molecule has 0 fully saturated rings. The molecule has 0 N–H and O–H groups in total. The first-order chi connectivity index (χ1) is 25.6. The van der Waals surface area contributed by atoms with E-state index in [2.05, 4.69) is 215 Å². The van der Waals surface area contributed by atoms with Crippen LogP contribution < -0.4 is 0 Å². The van der Waals surface area contributed by atoms with Crippen LogP contribution in [0.1, 0.15) is 54.5 Å². The molecule has 0 aliphatic heterocycles. The molecule has 6 aromatic carbocycles. The fourth-order valence-corrected chi connectivity index (χ4v) is 17.9. The van der Waals surface area contributed by atoms with E-state index in [4.69, 9.17) is 0 Å². The Hall–Kier alpha value is -4.62. The van der Waals surface area contributed by atoms with Gasteiger partial charge in [0.15, 0.2) is 0 Å². The maximum atomic E-state index is 2.51. The molecule has 0 bridgehead atoms. The predicted octanol–water partition coefficient (Wildman–Crippen LogP) is 13.3. The summed E-state index contributed by atoms with van der Waals surface area (Å²) in [4.78, 5) is 0. The largest absolute Gasteiger partial charge is 0.0750 e. The third-order valence-corrected chi connectivity index (χ3v) is 19.6. The number of fused-ring (bicyclic) bond motifs is 2. The molecule has 2 unspecified atom stereocenters. The first-order valence-corrected chi connectivity index (χ1v) is 25.6. The molecule has 2 aliphatic carbocycles. The van der Waals surface area contributed by atoms with Gasteiger partial charge in [-0.2, -0.15) is 0 Å². The second kappa shape index (κ2) is 16.8. The molecule has 0 amide bonds. The van der Waals surface area contributed by atoms with Crippen LogP contribution in [0.4, 0.5) is 0 Å². The van der Waals surface area contributed by atoms with Gasteiger partial charge in [-0.05, 0) is 0 Å².